The lowest BCUT2D eigenvalue weighted by Crippen LogP contribution is -2.43. The molecule has 0 fully saturated rings. The minimum atomic E-state index is -1.05. The van der Waals surface area contributed by atoms with Gasteiger partial charge in [-0.3, -0.25) is 19.3 Å². The van der Waals surface area contributed by atoms with Gasteiger partial charge in [-0.05, 0) is 43.7 Å². The number of halogens is 2. The predicted octanol–water partition coefficient (Wildman–Crippen LogP) is 3.47. The minimum Gasteiger partial charge on any atom is -0.491 e. The summed E-state index contributed by atoms with van der Waals surface area (Å²) in [4.78, 5) is 39.8. The number of ether oxygens (including phenoxy) is 2. The Morgan fingerprint density at radius 3 is 2.53 bits per heavy atom. The van der Waals surface area contributed by atoms with Crippen LogP contribution in [-0.4, -0.2) is 72.7 Å². The summed E-state index contributed by atoms with van der Waals surface area (Å²) >= 11 is 12.1. The van der Waals surface area contributed by atoms with E-state index in [0.29, 0.717) is 16.5 Å². The number of carbonyl (C=O) groups excluding carboxylic acids is 2. The maximum atomic E-state index is 12.4. The van der Waals surface area contributed by atoms with Crippen molar-refractivity contribution < 1.29 is 29.0 Å². The average Bonchev–Trinajstić information content (AvgIpc) is 3.19. The number of amides is 1. The van der Waals surface area contributed by atoms with Crippen molar-refractivity contribution in [2.75, 3.05) is 33.9 Å². The van der Waals surface area contributed by atoms with E-state index >= 15 is 0 Å². The lowest BCUT2D eigenvalue weighted by Gasteiger charge is -2.24. The van der Waals surface area contributed by atoms with Gasteiger partial charge in [0.15, 0.2) is 5.76 Å². The molecule has 0 saturated carbocycles. The Balaban J connectivity index is 1.92. The van der Waals surface area contributed by atoms with E-state index in [-0.39, 0.29) is 25.4 Å². The number of aromatic nitrogens is 1. The highest BCUT2D eigenvalue weighted by molar-refractivity contribution is 6.42. The maximum absolute atomic E-state index is 12.4. The van der Waals surface area contributed by atoms with Crippen LogP contribution < -0.4 is 5.32 Å². The Morgan fingerprint density at radius 2 is 1.88 bits per heavy atom. The fourth-order valence-electron chi connectivity index (χ4n) is 3.08. The number of carboxylic acid groups (broad SMARTS) is 1. The Hall–Kier alpha value is -3.01. The van der Waals surface area contributed by atoms with Crippen LogP contribution in [0.2, 0.25) is 10.0 Å². The molecule has 0 saturated heterocycles. The van der Waals surface area contributed by atoms with Gasteiger partial charge in [0.1, 0.15) is 6.04 Å². The van der Waals surface area contributed by atoms with E-state index in [4.69, 9.17) is 27.9 Å². The molecule has 2 aromatic rings. The van der Waals surface area contributed by atoms with Gasteiger partial charge in [-0.1, -0.05) is 29.3 Å². The van der Waals surface area contributed by atoms with Gasteiger partial charge in [0, 0.05) is 29.7 Å². The molecule has 0 bridgehead atoms. The molecule has 0 radical (unpaired) electrons. The van der Waals surface area contributed by atoms with Crippen molar-refractivity contribution in [2.24, 2.45) is 0 Å². The van der Waals surface area contributed by atoms with Crippen LogP contribution in [0.5, 0.6) is 0 Å². The van der Waals surface area contributed by atoms with E-state index in [0.717, 1.165) is 16.6 Å². The van der Waals surface area contributed by atoms with Crippen LogP contribution in [0.4, 0.5) is 0 Å². The fourth-order valence-corrected chi connectivity index (χ4v) is 3.42. The minimum absolute atomic E-state index is 0.101. The molecule has 1 aromatic carbocycles. The molecular formula is C23H27Cl2N3O6. The van der Waals surface area contributed by atoms with Gasteiger partial charge in [-0.25, -0.2) is 0 Å². The van der Waals surface area contributed by atoms with E-state index in [2.05, 4.69) is 15.0 Å². The second-order valence-corrected chi connectivity index (χ2v) is 8.16. The smallest absolute Gasteiger partial charge is 0.320 e. The standard InChI is InChI=1S/C23H27Cl2N3O6/c1-14(23(31)32)28(13-21(29)34-3)9-5-8-26-22(30)20(33-2)7-4-6-16-10-15-11-17(24)18(25)12-19(15)27-16/h4,6-7,10-12,14,27H,5,8-9,13H2,1-3H3,(H,26,30)(H,31,32). The number of allylic oxidation sites excluding steroid dienone is 2. The van der Waals surface area contributed by atoms with Gasteiger partial charge >= 0.3 is 11.9 Å². The first-order valence-corrected chi connectivity index (χ1v) is 11.1. The molecule has 0 aliphatic heterocycles. The van der Waals surface area contributed by atoms with Gasteiger partial charge in [0.05, 0.1) is 30.8 Å². The number of hydrogen-bond acceptors (Lipinski definition) is 6. The van der Waals surface area contributed by atoms with E-state index in [1.807, 2.05) is 6.07 Å². The molecule has 184 valence electrons. The number of aliphatic carboxylic acids is 1. The van der Waals surface area contributed by atoms with E-state index in [1.54, 1.807) is 24.3 Å². The average molecular weight is 512 g/mol. The van der Waals surface area contributed by atoms with Crippen molar-refractivity contribution in [3.05, 3.63) is 51.8 Å². The van der Waals surface area contributed by atoms with Crippen LogP contribution in [0.25, 0.3) is 17.0 Å². The van der Waals surface area contributed by atoms with Crippen molar-refractivity contribution in [3.8, 4) is 0 Å². The Morgan fingerprint density at radius 1 is 1.18 bits per heavy atom. The number of fused-ring (bicyclic) bond motifs is 1. The van der Waals surface area contributed by atoms with Gasteiger partial charge in [-0.2, -0.15) is 0 Å². The third kappa shape index (κ3) is 7.79. The number of H-pyrrole nitrogens is 1. The van der Waals surface area contributed by atoms with Crippen molar-refractivity contribution in [1.29, 1.82) is 0 Å². The van der Waals surface area contributed by atoms with Crippen LogP contribution in [0.15, 0.2) is 36.1 Å². The number of hydrogen-bond donors (Lipinski definition) is 3. The van der Waals surface area contributed by atoms with Crippen LogP contribution in [0.3, 0.4) is 0 Å². The summed E-state index contributed by atoms with van der Waals surface area (Å²) in [7, 11) is 2.63. The van der Waals surface area contributed by atoms with Crippen LogP contribution >= 0.6 is 23.2 Å². The van der Waals surface area contributed by atoms with Gasteiger partial charge in [0.2, 0.25) is 0 Å². The summed E-state index contributed by atoms with van der Waals surface area (Å²) in [5, 5.41) is 13.7. The van der Waals surface area contributed by atoms with Crippen LogP contribution in [-0.2, 0) is 23.9 Å². The van der Waals surface area contributed by atoms with E-state index in [9.17, 15) is 19.5 Å². The summed E-state index contributed by atoms with van der Waals surface area (Å²) in [6, 6.07) is 4.53. The molecule has 1 amide bonds. The molecule has 9 nitrogen and oxygen atoms in total. The number of esters is 1. The number of carbonyl (C=O) groups is 3. The lowest BCUT2D eigenvalue weighted by atomic mass is 10.2. The molecule has 2 rings (SSSR count). The number of benzene rings is 1. The summed E-state index contributed by atoms with van der Waals surface area (Å²) in [5.41, 5.74) is 1.62. The zero-order valence-corrected chi connectivity index (χ0v) is 20.6. The molecule has 0 aliphatic carbocycles. The molecule has 11 heteroatoms. The number of aromatic amines is 1. The zero-order chi connectivity index (χ0) is 25.3. The molecule has 1 aromatic heterocycles. The number of methoxy groups -OCH3 is 2. The first kappa shape index (κ1) is 27.2. The SMILES string of the molecule is COC(=O)CN(CCCNC(=O)C(=CC=Cc1cc2cc(Cl)c(Cl)cc2[nH]1)OC)C(C)C(=O)O. The summed E-state index contributed by atoms with van der Waals surface area (Å²) < 4.78 is 9.77. The largest absolute Gasteiger partial charge is 0.491 e. The molecule has 3 N–H and O–H groups in total. The number of carboxylic acids is 1. The number of nitrogens with zero attached hydrogens (tertiary/aromatic N) is 1. The Kier molecular flexibility index (Phi) is 10.4. The van der Waals surface area contributed by atoms with E-state index in [1.165, 1.54) is 32.1 Å². The second-order valence-electron chi connectivity index (χ2n) is 7.34. The third-order valence-electron chi connectivity index (χ3n) is 5.02. The highest BCUT2D eigenvalue weighted by atomic mass is 35.5. The molecule has 1 heterocycles. The highest BCUT2D eigenvalue weighted by Gasteiger charge is 2.23. The molecular weight excluding hydrogens is 485 g/mol. The number of nitrogens with one attached hydrogen (secondary N) is 2. The monoisotopic (exact) mass is 511 g/mol. The summed E-state index contributed by atoms with van der Waals surface area (Å²) in [6.07, 6.45) is 5.38. The summed E-state index contributed by atoms with van der Waals surface area (Å²) in [5.74, 6) is -1.91. The first-order valence-electron chi connectivity index (χ1n) is 10.4. The Bertz CT molecular complexity index is 1060. The highest BCUT2D eigenvalue weighted by Crippen LogP contribution is 2.28. The quantitative estimate of drug-likeness (QED) is 0.131. The maximum Gasteiger partial charge on any atom is 0.320 e. The van der Waals surface area contributed by atoms with Gasteiger partial charge in [-0.15, -0.1) is 0 Å². The van der Waals surface area contributed by atoms with Crippen LogP contribution in [0.1, 0.15) is 19.0 Å². The number of rotatable bonds is 12. The molecule has 0 spiro atoms. The van der Waals surface area contributed by atoms with Crippen LogP contribution in [0, 0.1) is 0 Å². The topological polar surface area (TPSA) is 121 Å². The van der Waals surface area contributed by atoms with Crippen molar-refractivity contribution in [2.45, 2.75) is 19.4 Å². The van der Waals surface area contributed by atoms with Gasteiger partial charge < -0.3 is 24.9 Å². The zero-order valence-electron chi connectivity index (χ0n) is 19.1. The normalized spacial score (nSPS) is 12.8. The second kappa shape index (κ2) is 13.0. The molecule has 0 aliphatic rings. The molecule has 1 unspecified atom stereocenters. The van der Waals surface area contributed by atoms with Crippen molar-refractivity contribution in [3.63, 3.8) is 0 Å². The lowest BCUT2D eigenvalue weighted by molar-refractivity contribution is -0.147. The van der Waals surface area contributed by atoms with Crippen molar-refractivity contribution in [1.82, 2.24) is 15.2 Å². The molecule has 1 atom stereocenters. The Labute approximate surface area is 207 Å². The molecule has 34 heavy (non-hydrogen) atoms. The predicted molar refractivity (Wildman–Crippen MR) is 131 cm³/mol. The van der Waals surface area contributed by atoms with Crippen molar-refractivity contribution >= 4 is 58.0 Å². The fraction of sp³-hybridized carbons (Fsp3) is 0.348. The summed E-state index contributed by atoms with van der Waals surface area (Å²) in [6.45, 7) is 1.87. The van der Waals surface area contributed by atoms with Gasteiger partial charge in [0.25, 0.3) is 5.91 Å². The first-order chi connectivity index (χ1) is 16.2. The van der Waals surface area contributed by atoms with E-state index < -0.39 is 23.9 Å². The third-order valence-corrected chi connectivity index (χ3v) is 5.74.